The second-order valence-corrected chi connectivity index (χ2v) is 4.71. The van der Waals surface area contributed by atoms with Gasteiger partial charge in [-0.25, -0.2) is 0 Å². The van der Waals surface area contributed by atoms with Gasteiger partial charge in [0.2, 0.25) is 0 Å². The van der Waals surface area contributed by atoms with Crippen LogP contribution in [-0.2, 0) is 6.54 Å². The van der Waals surface area contributed by atoms with Crippen molar-refractivity contribution in [2.75, 3.05) is 13.1 Å². The van der Waals surface area contributed by atoms with Gasteiger partial charge in [0.25, 0.3) is 0 Å². The smallest absolute Gasteiger partial charge is 0.0238 e. The minimum Gasteiger partial charge on any atom is -0.299 e. The molecule has 1 saturated heterocycles. The standard InChI is InChI=1S/C14H21N/c1-12-7-6-8-13(2)14(12)11-15-9-4-3-5-10-15/h6-8H,3-5,9-11H2,1-2H3. The van der Waals surface area contributed by atoms with Gasteiger partial charge < -0.3 is 0 Å². The highest BCUT2D eigenvalue weighted by Gasteiger charge is 2.12. The van der Waals surface area contributed by atoms with E-state index in [4.69, 9.17) is 0 Å². The number of nitrogens with zero attached hydrogens (tertiary/aromatic N) is 1. The van der Waals surface area contributed by atoms with Gasteiger partial charge in [0.1, 0.15) is 0 Å². The third-order valence-corrected chi connectivity index (χ3v) is 3.47. The first-order chi connectivity index (χ1) is 7.27. The third-order valence-electron chi connectivity index (χ3n) is 3.47. The monoisotopic (exact) mass is 203 g/mol. The van der Waals surface area contributed by atoms with Gasteiger partial charge in [0.15, 0.2) is 0 Å². The van der Waals surface area contributed by atoms with E-state index in [1.165, 1.54) is 43.5 Å². The Morgan fingerprint density at radius 1 is 1.00 bits per heavy atom. The van der Waals surface area contributed by atoms with E-state index in [9.17, 15) is 0 Å². The molecule has 0 atom stereocenters. The van der Waals surface area contributed by atoms with Gasteiger partial charge in [-0.3, -0.25) is 4.90 Å². The zero-order chi connectivity index (χ0) is 10.7. The molecule has 2 rings (SSSR count). The van der Waals surface area contributed by atoms with Crippen LogP contribution < -0.4 is 0 Å². The highest BCUT2D eigenvalue weighted by Crippen LogP contribution is 2.18. The van der Waals surface area contributed by atoms with Crippen LogP contribution in [0.5, 0.6) is 0 Å². The Morgan fingerprint density at radius 3 is 2.20 bits per heavy atom. The van der Waals surface area contributed by atoms with E-state index in [2.05, 4.69) is 36.9 Å². The number of rotatable bonds is 2. The zero-order valence-corrected chi connectivity index (χ0v) is 9.92. The van der Waals surface area contributed by atoms with Crippen molar-refractivity contribution in [1.29, 1.82) is 0 Å². The SMILES string of the molecule is Cc1cccc(C)c1CN1CCCCC1. The number of hydrogen-bond acceptors (Lipinski definition) is 1. The highest BCUT2D eigenvalue weighted by atomic mass is 15.1. The molecule has 15 heavy (non-hydrogen) atoms. The van der Waals surface area contributed by atoms with Crippen LogP contribution in [0.1, 0.15) is 36.0 Å². The highest BCUT2D eigenvalue weighted by molar-refractivity contribution is 5.33. The maximum Gasteiger partial charge on any atom is 0.0238 e. The van der Waals surface area contributed by atoms with Gasteiger partial charge in [0, 0.05) is 6.54 Å². The lowest BCUT2D eigenvalue weighted by molar-refractivity contribution is 0.220. The van der Waals surface area contributed by atoms with Crippen molar-refractivity contribution < 1.29 is 0 Å². The maximum absolute atomic E-state index is 2.60. The van der Waals surface area contributed by atoms with Crippen molar-refractivity contribution >= 4 is 0 Å². The molecule has 1 nitrogen and oxygen atoms in total. The van der Waals surface area contributed by atoms with Crippen molar-refractivity contribution in [3.05, 3.63) is 34.9 Å². The molecule has 1 aromatic rings. The van der Waals surface area contributed by atoms with Crippen molar-refractivity contribution in [2.45, 2.75) is 39.7 Å². The maximum atomic E-state index is 2.60. The van der Waals surface area contributed by atoms with Crippen LogP contribution in [0.15, 0.2) is 18.2 Å². The van der Waals surface area contributed by atoms with Gasteiger partial charge in [-0.2, -0.15) is 0 Å². The molecule has 1 heterocycles. The summed E-state index contributed by atoms with van der Waals surface area (Å²) >= 11 is 0. The van der Waals surface area contributed by atoms with Gasteiger partial charge in [-0.15, -0.1) is 0 Å². The van der Waals surface area contributed by atoms with E-state index in [1.54, 1.807) is 5.56 Å². The fourth-order valence-electron chi connectivity index (χ4n) is 2.44. The van der Waals surface area contributed by atoms with Crippen LogP contribution in [0.2, 0.25) is 0 Å². The molecule has 0 saturated carbocycles. The van der Waals surface area contributed by atoms with Crippen LogP contribution >= 0.6 is 0 Å². The Labute approximate surface area is 93.1 Å². The molecule has 1 aromatic carbocycles. The van der Waals surface area contributed by atoms with Gasteiger partial charge >= 0.3 is 0 Å². The summed E-state index contributed by atoms with van der Waals surface area (Å²) in [5.41, 5.74) is 4.43. The van der Waals surface area contributed by atoms with Crippen molar-refractivity contribution in [3.63, 3.8) is 0 Å². The van der Waals surface area contributed by atoms with Crippen molar-refractivity contribution in [3.8, 4) is 0 Å². The largest absolute Gasteiger partial charge is 0.299 e. The predicted octanol–water partition coefficient (Wildman–Crippen LogP) is 3.29. The Kier molecular flexibility index (Phi) is 3.42. The Bertz CT molecular complexity index is 304. The molecule has 1 aliphatic rings. The molecule has 0 aliphatic carbocycles. The van der Waals surface area contributed by atoms with E-state index < -0.39 is 0 Å². The fourth-order valence-corrected chi connectivity index (χ4v) is 2.44. The number of aryl methyl sites for hydroxylation is 2. The van der Waals surface area contributed by atoms with Crippen LogP contribution in [0.25, 0.3) is 0 Å². The lowest BCUT2D eigenvalue weighted by Gasteiger charge is -2.27. The average Bonchev–Trinajstić information content (AvgIpc) is 2.25. The minimum absolute atomic E-state index is 1.15. The van der Waals surface area contributed by atoms with Crippen LogP contribution in [-0.4, -0.2) is 18.0 Å². The molecule has 0 bridgehead atoms. The summed E-state index contributed by atoms with van der Waals surface area (Å²) < 4.78 is 0. The molecule has 0 spiro atoms. The minimum atomic E-state index is 1.15. The van der Waals surface area contributed by atoms with Gasteiger partial charge in [-0.1, -0.05) is 24.6 Å². The van der Waals surface area contributed by atoms with Crippen molar-refractivity contribution in [2.24, 2.45) is 0 Å². The Morgan fingerprint density at radius 2 is 1.60 bits per heavy atom. The van der Waals surface area contributed by atoms with E-state index in [-0.39, 0.29) is 0 Å². The first-order valence-corrected chi connectivity index (χ1v) is 6.05. The van der Waals surface area contributed by atoms with Crippen LogP contribution in [0.3, 0.4) is 0 Å². The predicted molar refractivity (Wildman–Crippen MR) is 65.0 cm³/mol. The summed E-state index contributed by atoms with van der Waals surface area (Å²) in [7, 11) is 0. The Balaban J connectivity index is 2.09. The molecule has 1 heteroatoms. The molecule has 0 unspecified atom stereocenters. The van der Waals surface area contributed by atoms with Crippen molar-refractivity contribution in [1.82, 2.24) is 4.90 Å². The lowest BCUT2D eigenvalue weighted by atomic mass is 10.0. The third kappa shape index (κ3) is 2.60. The summed E-state index contributed by atoms with van der Waals surface area (Å²) in [6, 6.07) is 6.61. The number of hydrogen-bond donors (Lipinski definition) is 0. The molecule has 0 radical (unpaired) electrons. The number of benzene rings is 1. The molecule has 0 aromatic heterocycles. The molecular formula is C14H21N. The Hall–Kier alpha value is -0.820. The first-order valence-electron chi connectivity index (χ1n) is 6.05. The molecule has 82 valence electrons. The van der Waals surface area contributed by atoms with Gasteiger partial charge in [0.05, 0.1) is 0 Å². The first kappa shape index (κ1) is 10.7. The summed E-state index contributed by atoms with van der Waals surface area (Å²) in [6.45, 7) is 8.18. The second-order valence-electron chi connectivity index (χ2n) is 4.71. The zero-order valence-electron chi connectivity index (χ0n) is 9.92. The molecule has 1 fully saturated rings. The lowest BCUT2D eigenvalue weighted by Crippen LogP contribution is -2.29. The quantitative estimate of drug-likeness (QED) is 0.713. The normalized spacial score (nSPS) is 18.0. The van der Waals surface area contributed by atoms with Crippen LogP contribution in [0.4, 0.5) is 0 Å². The summed E-state index contributed by atoms with van der Waals surface area (Å²) in [5.74, 6) is 0. The van der Waals surface area contributed by atoms with E-state index in [0.717, 1.165) is 6.54 Å². The summed E-state index contributed by atoms with van der Waals surface area (Å²) in [4.78, 5) is 2.60. The molecule has 1 aliphatic heterocycles. The van der Waals surface area contributed by atoms with E-state index in [1.807, 2.05) is 0 Å². The summed E-state index contributed by atoms with van der Waals surface area (Å²) in [6.07, 6.45) is 4.18. The average molecular weight is 203 g/mol. The second kappa shape index (κ2) is 4.80. The number of piperidine rings is 1. The van der Waals surface area contributed by atoms with Gasteiger partial charge in [-0.05, 0) is 56.5 Å². The summed E-state index contributed by atoms with van der Waals surface area (Å²) in [5, 5.41) is 0. The fraction of sp³-hybridized carbons (Fsp3) is 0.571. The number of likely N-dealkylation sites (tertiary alicyclic amines) is 1. The topological polar surface area (TPSA) is 3.24 Å². The molecular weight excluding hydrogens is 182 g/mol. The van der Waals surface area contributed by atoms with E-state index in [0.29, 0.717) is 0 Å². The van der Waals surface area contributed by atoms with Crippen LogP contribution in [0, 0.1) is 13.8 Å². The molecule has 0 amide bonds. The van der Waals surface area contributed by atoms with E-state index >= 15 is 0 Å². The molecule has 0 N–H and O–H groups in total.